The van der Waals surface area contributed by atoms with Gasteiger partial charge in [-0.3, -0.25) is 19.3 Å². The van der Waals surface area contributed by atoms with E-state index >= 15 is 0 Å². The van der Waals surface area contributed by atoms with Gasteiger partial charge in [0.25, 0.3) is 5.91 Å². The predicted octanol–water partition coefficient (Wildman–Crippen LogP) is 2.94. The summed E-state index contributed by atoms with van der Waals surface area (Å²) in [7, 11) is 0. The molecule has 1 N–H and O–H groups in total. The van der Waals surface area contributed by atoms with E-state index in [1.807, 2.05) is 30.3 Å². The SMILES string of the molecule is O=C(Nc1ccccc1)C1CCN(C(=O)CN2C(=O)COc3ccc(Cl)cc32)CC1. The summed E-state index contributed by atoms with van der Waals surface area (Å²) in [5, 5.41) is 3.39. The Kier molecular flexibility index (Phi) is 5.90. The Labute approximate surface area is 179 Å². The van der Waals surface area contributed by atoms with Crippen molar-refractivity contribution in [3.63, 3.8) is 0 Å². The number of carbonyl (C=O) groups excluding carboxylic acids is 3. The summed E-state index contributed by atoms with van der Waals surface area (Å²) >= 11 is 6.05. The van der Waals surface area contributed by atoms with Crippen LogP contribution in [0.5, 0.6) is 5.75 Å². The van der Waals surface area contributed by atoms with Gasteiger partial charge in [-0.1, -0.05) is 29.8 Å². The van der Waals surface area contributed by atoms with Crippen LogP contribution in [0.4, 0.5) is 11.4 Å². The molecule has 0 unspecified atom stereocenters. The average molecular weight is 428 g/mol. The molecule has 30 heavy (non-hydrogen) atoms. The molecule has 0 spiro atoms. The number of likely N-dealkylation sites (tertiary alicyclic amines) is 1. The lowest BCUT2D eigenvalue weighted by Gasteiger charge is -2.34. The highest BCUT2D eigenvalue weighted by atomic mass is 35.5. The van der Waals surface area contributed by atoms with Crippen molar-refractivity contribution in [3.05, 3.63) is 53.6 Å². The van der Waals surface area contributed by atoms with E-state index in [4.69, 9.17) is 16.3 Å². The maximum atomic E-state index is 12.8. The Morgan fingerprint density at radius 1 is 1.10 bits per heavy atom. The number of hydrogen-bond donors (Lipinski definition) is 1. The first-order valence-corrected chi connectivity index (χ1v) is 10.3. The Morgan fingerprint density at radius 3 is 2.57 bits per heavy atom. The summed E-state index contributed by atoms with van der Waals surface area (Å²) in [6.45, 7) is 0.777. The topological polar surface area (TPSA) is 79.0 Å². The minimum Gasteiger partial charge on any atom is -0.482 e. The fraction of sp³-hybridized carbons (Fsp3) is 0.318. The highest BCUT2D eigenvalue weighted by Gasteiger charge is 2.32. The van der Waals surface area contributed by atoms with Crippen molar-refractivity contribution in [2.75, 3.05) is 36.5 Å². The molecule has 2 aromatic rings. The van der Waals surface area contributed by atoms with Crippen molar-refractivity contribution in [2.45, 2.75) is 12.8 Å². The van der Waals surface area contributed by atoms with Crippen molar-refractivity contribution in [2.24, 2.45) is 5.92 Å². The van der Waals surface area contributed by atoms with Gasteiger partial charge >= 0.3 is 0 Å². The van der Waals surface area contributed by atoms with Gasteiger partial charge in [0.15, 0.2) is 6.61 Å². The number of anilines is 2. The van der Waals surface area contributed by atoms with Crippen LogP contribution < -0.4 is 15.0 Å². The molecule has 8 heteroatoms. The first kappa shape index (κ1) is 20.2. The third kappa shape index (κ3) is 4.41. The maximum absolute atomic E-state index is 12.8. The van der Waals surface area contributed by atoms with E-state index in [1.165, 1.54) is 4.90 Å². The fourth-order valence-corrected chi connectivity index (χ4v) is 3.91. The molecule has 2 aliphatic rings. The van der Waals surface area contributed by atoms with Gasteiger partial charge in [-0.25, -0.2) is 0 Å². The van der Waals surface area contributed by atoms with Gasteiger partial charge in [0.2, 0.25) is 11.8 Å². The van der Waals surface area contributed by atoms with Crippen LogP contribution in [0.25, 0.3) is 0 Å². The molecule has 0 atom stereocenters. The second-order valence-electron chi connectivity index (χ2n) is 7.39. The summed E-state index contributed by atoms with van der Waals surface area (Å²) in [4.78, 5) is 40.8. The second kappa shape index (κ2) is 8.75. The molecule has 7 nitrogen and oxygen atoms in total. The third-order valence-electron chi connectivity index (χ3n) is 5.42. The zero-order chi connectivity index (χ0) is 21.1. The van der Waals surface area contributed by atoms with Crippen LogP contribution >= 0.6 is 11.6 Å². The molecule has 0 bridgehead atoms. The lowest BCUT2D eigenvalue weighted by Crippen LogP contribution is -2.49. The molecule has 2 aromatic carbocycles. The smallest absolute Gasteiger partial charge is 0.265 e. The van der Waals surface area contributed by atoms with Gasteiger partial charge < -0.3 is 15.0 Å². The number of fused-ring (bicyclic) bond motifs is 1. The van der Waals surface area contributed by atoms with Crippen molar-refractivity contribution in [1.29, 1.82) is 0 Å². The highest BCUT2D eigenvalue weighted by molar-refractivity contribution is 6.31. The minimum atomic E-state index is -0.282. The van der Waals surface area contributed by atoms with Crippen molar-refractivity contribution >= 4 is 40.7 Å². The maximum Gasteiger partial charge on any atom is 0.265 e. The molecule has 156 valence electrons. The molecule has 0 aromatic heterocycles. The standard InChI is InChI=1S/C22H22ClN3O4/c23-16-6-7-19-18(12-16)26(21(28)14-30-19)13-20(27)25-10-8-15(9-11-25)22(29)24-17-4-2-1-3-5-17/h1-7,12,15H,8-11,13-14H2,(H,24,29). The monoisotopic (exact) mass is 427 g/mol. The van der Waals surface area contributed by atoms with Crippen molar-refractivity contribution in [3.8, 4) is 5.75 Å². The van der Waals surface area contributed by atoms with E-state index in [-0.39, 0.29) is 36.8 Å². The Balaban J connectivity index is 1.34. The molecule has 1 fully saturated rings. The Hall–Kier alpha value is -3.06. The molecule has 0 radical (unpaired) electrons. The van der Waals surface area contributed by atoms with Gasteiger partial charge in [0.05, 0.1) is 5.69 Å². The van der Waals surface area contributed by atoms with Crippen molar-refractivity contribution in [1.82, 2.24) is 4.90 Å². The number of halogens is 1. The number of carbonyl (C=O) groups is 3. The average Bonchev–Trinajstić information content (AvgIpc) is 2.76. The van der Waals surface area contributed by atoms with Crippen LogP contribution in [-0.2, 0) is 14.4 Å². The van der Waals surface area contributed by atoms with Crippen LogP contribution in [0.3, 0.4) is 0 Å². The van der Waals surface area contributed by atoms with E-state index in [2.05, 4.69) is 5.32 Å². The zero-order valence-corrected chi connectivity index (χ0v) is 17.1. The van der Waals surface area contributed by atoms with E-state index in [0.717, 1.165) is 5.69 Å². The van der Waals surface area contributed by atoms with Gasteiger partial charge in [-0.2, -0.15) is 0 Å². The molecule has 3 amide bonds. The van der Waals surface area contributed by atoms with Crippen LogP contribution in [0.1, 0.15) is 12.8 Å². The van der Waals surface area contributed by atoms with E-state index in [1.54, 1.807) is 23.1 Å². The number of ether oxygens (including phenoxy) is 1. The lowest BCUT2D eigenvalue weighted by molar-refractivity contribution is -0.134. The molecular formula is C22H22ClN3O4. The quantitative estimate of drug-likeness (QED) is 0.813. The zero-order valence-electron chi connectivity index (χ0n) is 16.3. The van der Waals surface area contributed by atoms with Crippen LogP contribution in [0.2, 0.25) is 5.02 Å². The molecule has 1 saturated heterocycles. The number of amides is 3. The molecule has 0 saturated carbocycles. The largest absolute Gasteiger partial charge is 0.482 e. The number of para-hydroxylation sites is 1. The molecular weight excluding hydrogens is 406 g/mol. The molecule has 2 heterocycles. The summed E-state index contributed by atoms with van der Waals surface area (Å²) in [6.07, 6.45) is 1.17. The fourth-order valence-electron chi connectivity index (χ4n) is 3.74. The van der Waals surface area contributed by atoms with E-state index in [9.17, 15) is 14.4 Å². The second-order valence-corrected chi connectivity index (χ2v) is 7.83. The van der Waals surface area contributed by atoms with Crippen LogP contribution in [-0.4, -0.2) is 48.9 Å². The predicted molar refractivity (Wildman–Crippen MR) is 114 cm³/mol. The van der Waals surface area contributed by atoms with Crippen LogP contribution in [0.15, 0.2) is 48.5 Å². The Morgan fingerprint density at radius 2 is 1.83 bits per heavy atom. The minimum absolute atomic E-state index is 0.0276. The first-order valence-electron chi connectivity index (χ1n) is 9.87. The summed E-state index contributed by atoms with van der Waals surface area (Å²) in [5.74, 6) is -0.0736. The van der Waals surface area contributed by atoms with Gasteiger partial charge in [-0.05, 0) is 43.2 Å². The normalized spacial score (nSPS) is 16.6. The van der Waals surface area contributed by atoms with E-state index < -0.39 is 0 Å². The molecule has 4 rings (SSSR count). The Bertz CT molecular complexity index is 958. The number of nitrogens with one attached hydrogen (secondary N) is 1. The number of nitrogens with zero attached hydrogens (tertiary/aromatic N) is 2. The summed E-state index contributed by atoms with van der Waals surface area (Å²) in [5.41, 5.74) is 1.27. The lowest BCUT2D eigenvalue weighted by atomic mass is 9.95. The number of hydrogen-bond acceptors (Lipinski definition) is 4. The number of piperidine rings is 1. The molecule has 0 aliphatic carbocycles. The van der Waals surface area contributed by atoms with Crippen LogP contribution in [0, 0.1) is 5.92 Å². The van der Waals surface area contributed by atoms with Gasteiger partial charge in [-0.15, -0.1) is 0 Å². The molecule has 2 aliphatic heterocycles. The highest BCUT2D eigenvalue weighted by Crippen LogP contribution is 2.34. The van der Waals surface area contributed by atoms with E-state index in [0.29, 0.717) is 42.4 Å². The van der Waals surface area contributed by atoms with Gasteiger partial charge in [0, 0.05) is 29.7 Å². The first-order chi connectivity index (χ1) is 14.5. The van der Waals surface area contributed by atoms with Crippen molar-refractivity contribution < 1.29 is 19.1 Å². The summed E-state index contributed by atoms with van der Waals surface area (Å²) < 4.78 is 5.42. The van der Waals surface area contributed by atoms with Gasteiger partial charge in [0.1, 0.15) is 12.3 Å². The third-order valence-corrected chi connectivity index (χ3v) is 5.65. The number of rotatable bonds is 4. The summed E-state index contributed by atoms with van der Waals surface area (Å²) in [6, 6.07) is 14.3. The number of benzene rings is 2.